The van der Waals surface area contributed by atoms with E-state index in [4.69, 9.17) is 16.7 Å². The first kappa shape index (κ1) is 23.2. The third-order valence-corrected chi connectivity index (χ3v) is 5.38. The quantitative estimate of drug-likeness (QED) is 0.507. The van der Waals surface area contributed by atoms with E-state index in [2.05, 4.69) is 10.6 Å². The molecule has 1 atom stereocenters. The SMILES string of the molecule is Cl.O=C(O)CC1(O)CCN(c2c(F)cc(N[C@H]3CCC(=O)NC3=O)cc2Cl)CC1. The van der Waals surface area contributed by atoms with Gasteiger partial charge in [-0.15, -0.1) is 12.4 Å². The molecule has 2 aliphatic heterocycles. The molecule has 0 saturated carbocycles. The van der Waals surface area contributed by atoms with Gasteiger partial charge in [-0.2, -0.15) is 0 Å². The highest BCUT2D eigenvalue weighted by atomic mass is 35.5. The molecule has 3 rings (SSSR count). The standard InChI is InChI=1S/C18H21ClFN3O5.ClH/c19-11-7-10(21-13-1-2-14(24)22-17(13)27)8-12(20)16(11)23-5-3-18(28,4-6-23)9-15(25)26;/h7-8,13,21,28H,1-6,9H2,(H,25,26)(H,22,24,27);1H/t13-;/m0./s1. The summed E-state index contributed by atoms with van der Waals surface area (Å²) in [5, 5.41) is 24.4. The van der Waals surface area contributed by atoms with Crippen LogP contribution in [0.4, 0.5) is 15.8 Å². The van der Waals surface area contributed by atoms with E-state index in [1.54, 1.807) is 4.90 Å². The van der Waals surface area contributed by atoms with E-state index >= 15 is 0 Å². The second-order valence-electron chi connectivity index (χ2n) is 7.22. The van der Waals surface area contributed by atoms with E-state index in [1.165, 1.54) is 12.1 Å². The minimum Gasteiger partial charge on any atom is -0.481 e. The third kappa shape index (κ3) is 5.49. The molecule has 1 aromatic carbocycles. The lowest BCUT2D eigenvalue weighted by atomic mass is 9.88. The molecule has 8 nitrogen and oxygen atoms in total. The van der Waals surface area contributed by atoms with E-state index in [0.29, 0.717) is 12.1 Å². The molecule has 2 amide bonds. The molecule has 160 valence electrons. The highest BCUT2D eigenvalue weighted by Gasteiger charge is 2.36. The Morgan fingerprint density at radius 3 is 2.55 bits per heavy atom. The molecule has 0 unspecified atom stereocenters. The first-order chi connectivity index (χ1) is 13.2. The molecule has 4 N–H and O–H groups in total. The Morgan fingerprint density at radius 1 is 1.34 bits per heavy atom. The molecular formula is C18H22Cl2FN3O5. The average molecular weight is 450 g/mol. The van der Waals surface area contributed by atoms with Gasteiger partial charge in [0, 0.05) is 25.2 Å². The molecule has 2 fully saturated rings. The molecule has 2 aliphatic rings. The predicted molar refractivity (Wildman–Crippen MR) is 107 cm³/mol. The number of hydrogen-bond donors (Lipinski definition) is 4. The summed E-state index contributed by atoms with van der Waals surface area (Å²) in [7, 11) is 0. The van der Waals surface area contributed by atoms with Crippen molar-refractivity contribution in [1.82, 2.24) is 5.32 Å². The van der Waals surface area contributed by atoms with Gasteiger partial charge in [0.25, 0.3) is 0 Å². The van der Waals surface area contributed by atoms with Crippen molar-refractivity contribution in [3.8, 4) is 0 Å². The zero-order chi connectivity index (χ0) is 20.5. The van der Waals surface area contributed by atoms with Crippen LogP contribution in [-0.2, 0) is 14.4 Å². The summed E-state index contributed by atoms with van der Waals surface area (Å²) in [5.74, 6) is -2.48. The van der Waals surface area contributed by atoms with Gasteiger partial charge in [0.15, 0.2) is 0 Å². The van der Waals surface area contributed by atoms with Crippen molar-refractivity contribution in [3.63, 3.8) is 0 Å². The van der Waals surface area contributed by atoms with Gasteiger partial charge in [0.2, 0.25) is 11.8 Å². The third-order valence-electron chi connectivity index (χ3n) is 5.09. The summed E-state index contributed by atoms with van der Waals surface area (Å²) >= 11 is 6.27. The number of carboxylic acids is 1. The summed E-state index contributed by atoms with van der Waals surface area (Å²) in [4.78, 5) is 35.6. The number of carboxylic acid groups (broad SMARTS) is 1. The van der Waals surface area contributed by atoms with Crippen molar-refractivity contribution in [2.45, 2.75) is 43.7 Å². The number of imide groups is 1. The fourth-order valence-electron chi connectivity index (χ4n) is 3.59. The molecule has 0 radical (unpaired) electrons. The Bertz CT molecular complexity index is 792. The zero-order valence-corrected chi connectivity index (χ0v) is 17.0. The monoisotopic (exact) mass is 449 g/mol. The van der Waals surface area contributed by atoms with Crippen molar-refractivity contribution >= 4 is 53.2 Å². The molecule has 2 saturated heterocycles. The largest absolute Gasteiger partial charge is 0.481 e. The number of carbonyl (C=O) groups is 3. The molecule has 29 heavy (non-hydrogen) atoms. The van der Waals surface area contributed by atoms with Gasteiger partial charge in [0.1, 0.15) is 11.9 Å². The summed E-state index contributed by atoms with van der Waals surface area (Å²) in [6.45, 7) is 0.528. The Balaban J connectivity index is 0.00000300. The smallest absolute Gasteiger partial charge is 0.306 e. The highest BCUT2D eigenvalue weighted by Crippen LogP contribution is 2.36. The van der Waals surface area contributed by atoms with E-state index < -0.39 is 29.3 Å². The van der Waals surface area contributed by atoms with Crippen molar-refractivity contribution in [2.24, 2.45) is 0 Å². The first-order valence-electron chi connectivity index (χ1n) is 8.95. The predicted octanol–water partition coefficient (Wildman–Crippen LogP) is 1.92. The topological polar surface area (TPSA) is 119 Å². The summed E-state index contributed by atoms with van der Waals surface area (Å²) in [6.07, 6.45) is 0.521. The number of anilines is 2. The van der Waals surface area contributed by atoms with Crippen LogP contribution in [0.2, 0.25) is 5.02 Å². The number of halogens is 3. The Hall–Kier alpha value is -2.10. The van der Waals surface area contributed by atoms with Crippen LogP contribution in [0.25, 0.3) is 0 Å². The maximum Gasteiger partial charge on any atom is 0.306 e. The van der Waals surface area contributed by atoms with Crippen molar-refractivity contribution in [2.75, 3.05) is 23.3 Å². The minimum absolute atomic E-state index is 0. The summed E-state index contributed by atoms with van der Waals surface area (Å²) in [6, 6.07) is 2.07. The van der Waals surface area contributed by atoms with Crippen LogP contribution in [0.5, 0.6) is 0 Å². The van der Waals surface area contributed by atoms with Crippen LogP contribution in [0.1, 0.15) is 32.1 Å². The second kappa shape index (κ2) is 9.15. The van der Waals surface area contributed by atoms with E-state index in [1.807, 2.05) is 0 Å². The van der Waals surface area contributed by atoms with Gasteiger partial charge >= 0.3 is 5.97 Å². The lowest BCUT2D eigenvalue weighted by molar-refractivity contribution is -0.143. The number of aliphatic carboxylic acids is 1. The van der Waals surface area contributed by atoms with E-state index in [-0.39, 0.29) is 67.8 Å². The molecule has 2 heterocycles. The van der Waals surface area contributed by atoms with Gasteiger partial charge in [-0.1, -0.05) is 11.6 Å². The van der Waals surface area contributed by atoms with Crippen LogP contribution in [-0.4, -0.2) is 52.7 Å². The Kier molecular flexibility index (Phi) is 7.31. The van der Waals surface area contributed by atoms with Crippen LogP contribution < -0.4 is 15.5 Å². The van der Waals surface area contributed by atoms with Gasteiger partial charge < -0.3 is 20.4 Å². The Labute approximate surface area is 177 Å². The molecule has 0 spiro atoms. The average Bonchev–Trinajstić information content (AvgIpc) is 2.58. The van der Waals surface area contributed by atoms with Crippen LogP contribution in [0.3, 0.4) is 0 Å². The number of carbonyl (C=O) groups excluding carboxylic acids is 2. The maximum absolute atomic E-state index is 14.7. The van der Waals surface area contributed by atoms with Crippen molar-refractivity contribution < 1.29 is 29.0 Å². The second-order valence-corrected chi connectivity index (χ2v) is 7.63. The number of nitrogens with one attached hydrogen (secondary N) is 2. The molecule has 0 aliphatic carbocycles. The lowest BCUT2D eigenvalue weighted by Gasteiger charge is -2.39. The molecule has 0 bridgehead atoms. The number of nitrogens with zero attached hydrogens (tertiary/aromatic N) is 1. The van der Waals surface area contributed by atoms with Gasteiger partial charge in [-0.05, 0) is 31.4 Å². The van der Waals surface area contributed by atoms with Gasteiger partial charge in [-0.25, -0.2) is 4.39 Å². The fraction of sp³-hybridized carbons (Fsp3) is 0.500. The summed E-state index contributed by atoms with van der Waals surface area (Å²) < 4.78 is 14.7. The van der Waals surface area contributed by atoms with Crippen molar-refractivity contribution in [1.29, 1.82) is 0 Å². The number of piperidine rings is 2. The van der Waals surface area contributed by atoms with Crippen LogP contribution in [0.15, 0.2) is 12.1 Å². The van der Waals surface area contributed by atoms with Gasteiger partial charge in [-0.3, -0.25) is 19.7 Å². The molecule has 0 aromatic heterocycles. The number of benzene rings is 1. The van der Waals surface area contributed by atoms with Gasteiger partial charge in [0.05, 0.1) is 22.7 Å². The number of aliphatic hydroxyl groups is 1. The molecule has 1 aromatic rings. The lowest BCUT2D eigenvalue weighted by Crippen LogP contribution is -2.47. The van der Waals surface area contributed by atoms with Crippen LogP contribution >= 0.6 is 24.0 Å². The molecule has 11 heteroatoms. The van der Waals surface area contributed by atoms with Crippen molar-refractivity contribution in [3.05, 3.63) is 23.0 Å². The first-order valence-corrected chi connectivity index (χ1v) is 9.33. The Morgan fingerprint density at radius 2 is 2.00 bits per heavy atom. The number of amides is 2. The maximum atomic E-state index is 14.7. The molecular weight excluding hydrogens is 428 g/mol. The van der Waals surface area contributed by atoms with E-state index in [0.717, 1.165) is 0 Å². The highest BCUT2D eigenvalue weighted by molar-refractivity contribution is 6.33. The van der Waals surface area contributed by atoms with E-state index in [9.17, 15) is 23.9 Å². The normalized spacial score (nSPS) is 21.2. The summed E-state index contributed by atoms with van der Waals surface area (Å²) in [5.41, 5.74) is -0.813. The zero-order valence-electron chi connectivity index (χ0n) is 15.4. The minimum atomic E-state index is -1.31. The number of rotatable bonds is 5. The van der Waals surface area contributed by atoms with Crippen LogP contribution in [0, 0.1) is 5.82 Å². The number of hydrogen-bond acceptors (Lipinski definition) is 6. The fourth-order valence-corrected chi connectivity index (χ4v) is 3.92.